The number of benzene rings is 4. The van der Waals surface area contributed by atoms with Gasteiger partial charge in [0, 0.05) is 19.5 Å². The highest BCUT2D eigenvalue weighted by Crippen LogP contribution is 2.27. The lowest BCUT2D eigenvalue weighted by Gasteiger charge is -2.34. The average Bonchev–Trinajstić information content (AvgIpc) is 3.04. The van der Waals surface area contributed by atoms with Crippen molar-refractivity contribution in [1.29, 1.82) is 0 Å². The highest BCUT2D eigenvalue weighted by Gasteiger charge is 2.34. The van der Waals surface area contributed by atoms with E-state index in [0.717, 1.165) is 33.0 Å². The van der Waals surface area contributed by atoms with Crippen LogP contribution in [0.4, 0.5) is 5.69 Å². The van der Waals surface area contributed by atoms with Crippen molar-refractivity contribution >= 4 is 27.5 Å². The van der Waals surface area contributed by atoms with Gasteiger partial charge in [0.15, 0.2) is 0 Å². The van der Waals surface area contributed by atoms with Crippen molar-refractivity contribution < 1.29 is 22.7 Å². The molecule has 0 aliphatic rings. The second kappa shape index (κ2) is 15.4. The molecular formula is C36H41N3O5S. The zero-order valence-corrected chi connectivity index (χ0v) is 27.1. The molecule has 0 aliphatic heterocycles. The summed E-state index contributed by atoms with van der Waals surface area (Å²) >= 11 is 0. The van der Waals surface area contributed by atoms with E-state index in [1.54, 1.807) is 36.4 Å². The summed E-state index contributed by atoms with van der Waals surface area (Å²) in [5, 5.41) is 2.97. The van der Waals surface area contributed by atoms with Crippen molar-refractivity contribution in [3.8, 4) is 5.75 Å². The van der Waals surface area contributed by atoms with Crippen LogP contribution in [0.5, 0.6) is 5.75 Å². The van der Waals surface area contributed by atoms with Crippen LogP contribution in [0.15, 0.2) is 108 Å². The second-order valence-corrected chi connectivity index (χ2v) is 12.9. The normalized spacial score (nSPS) is 11.8. The lowest BCUT2D eigenvalue weighted by molar-refractivity contribution is -0.140. The Balaban J connectivity index is 1.80. The van der Waals surface area contributed by atoms with E-state index in [1.807, 2.05) is 75.4 Å². The average molecular weight is 628 g/mol. The van der Waals surface area contributed by atoms with Crippen LogP contribution >= 0.6 is 0 Å². The molecule has 9 heteroatoms. The van der Waals surface area contributed by atoms with E-state index >= 15 is 0 Å². The van der Waals surface area contributed by atoms with Gasteiger partial charge in [-0.25, -0.2) is 8.42 Å². The Labute approximate surface area is 266 Å². The molecule has 0 heterocycles. The molecule has 2 amide bonds. The van der Waals surface area contributed by atoms with E-state index in [1.165, 1.54) is 24.1 Å². The van der Waals surface area contributed by atoms with Gasteiger partial charge in [0.05, 0.1) is 17.7 Å². The first-order valence-electron chi connectivity index (χ1n) is 15.0. The fourth-order valence-electron chi connectivity index (χ4n) is 5.04. The maximum Gasteiger partial charge on any atom is 0.264 e. The summed E-state index contributed by atoms with van der Waals surface area (Å²) in [6.07, 6.45) is 0.997. The molecule has 4 aromatic carbocycles. The van der Waals surface area contributed by atoms with Crippen LogP contribution in [0.1, 0.15) is 35.6 Å². The molecule has 1 N–H and O–H groups in total. The Morgan fingerprint density at radius 2 is 1.49 bits per heavy atom. The lowest BCUT2D eigenvalue weighted by Crippen LogP contribution is -2.53. The molecule has 4 aromatic rings. The first kappa shape index (κ1) is 33.3. The quantitative estimate of drug-likeness (QED) is 0.194. The number of nitrogens with zero attached hydrogens (tertiary/aromatic N) is 2. The van der Waals surface area contributed by atoms with Crippen LogP contribution in [-0.2, 0) is 32.6 Å². The van der Waals surface area contributed by atoms with Crippen LogP contribution in [0.2, 0.25) is 0 Å². The number of sulfonamides is 1. The Bertz CT molecular complexity index is 1670. The number of rotatable bonds is 14. The minimum absolute atomic E-state index is 0.0588. The minimum atomic E-state index is -4.17. The third-order valence-corrected chi connectivity index (χ3v) is 9.29. The van der Waals surface area contributed by atoms with Gasteiger partial charge in [-0.05, 0) is 67.8 Å². The fraction of sp³-hybridized carbons (Fsp3) is 0.278. The molecule has 1 atom stereocenters. The number of methoxy groups -OCH3 is 1. The van der Waals surface area contributed by atoms with Gasteiger partial charge < -0.3 is 15.0 Å². The van der Waals surface area contributed by atoms with Crippen LogP contribution in [0, 0.1) is 13.8 Å². The van der Waals surface area contributed by atoms with Crippen molar-refractivity contribution in [2.24, 2.45) is 0 Å². The van der Waals surface area contributed by atoms with E-state index in [-0.39, 0.29) is 23.8 Å². The fourth-order valence-corrected chi connectivity index (χ4v) is 6.46. The Kier molecular flexibility index (Phi) is 11.4. The van der Waals surface area contributed by atoms with Gasteiger partial charge in [0.1, 0.15) is 18.3 Å². The van der Waals surface area contributed by atoms with E-state index < -0.39 is 28.5 Å². The number of hydrogen-bond donors (Lipinski definition) is 1. The molecule has 0 aromatic heterocycles. The maximum atomic E-state index is 14.5. The first-order valence-corrected chi connectivity index (χ1v) is 16.5. The van der Waals surface area contributed by atoms with Crippen molar-refractivity contribution in [1.82, 2.24) is 10.2 Å². The Morgan fingerprint density at radius 1 is 0.822 bits per heavy atom. The van der Waals surface area contributed by atoms with E-state index in [2.05, 4.69) is 5.32 Å². The van der Waals surface area contributed by atoms with Crippen LogP contribution in [0.25, 0.3) is 0 Å². The van der Waals surface area contributed by atoms with Crippen molar-refractivity contribution in [2.45, 2.75) is 51.1 Å². The zero-order valence-electron chi connectivity index (χ0n) is 26.3. The molecule has 0 saturated carbocycles. The molecule has 0 spiro atoms. The van der Waals surface area contributed by atoms with Gasteiger partial charge in [-0.2, -0.15) is 0 Å². The molecule has 0 aliphatic carbocycles. The van der Waals surface area contributed by atoms with E-state index in [0.29, 0.717) is 18.0 Å². The Morgan fingerprint density at radius 3 is 2.11 bits per heavy atom. The number of hydrogen-bond acceptors (Lipinski definition) is 5. The highest BCUT2D eigenvalue weighted by molar-refractivity contribution is 7.92. The predicted molar refractivity (Wildman–Crippen MR) is 178 cm³/mol. The number of anilines is 1. The van der Waals surface area contributed by atoms with Crippen molar-refractivity contribution in [3.63, 3.8) is 0 Å². The number of ether oxygens (including phenoxy) is 1. The number of carbonyl (C=O) groups excluding carboxylic acids is 2. The van der Waals surface area contributed by atoms with Crippen molar-refractivity contribution in [3.05, 3.63) is 125 Å². The number of nitrogens with one attached hydrogen (secondary N) is 1. The summed E-state index contributed by atoms with van der Waals surface area (Å²) < 4.78 is 34.7. The molecule has 0 fully saturated rings. The molecule has 4 rings (SSSR count). The van der Waals surface area contributed by atoms with Gasteiger partial charge >= 0.3 is 0 Å². The summed E-state index contributed by atoms with van der Waals surface area (Å²) in [6, 6.07) is 29.4. The molecule has 236 valence electrons. The van der Waals surface area contributed by atoms with Gasteiger partial charge in [0.2, 0.25) is 11.8 Å². The zero-order chi connectivity index (χ0) is 32.4. The van der Waals surface area contributed by atoms with Crippen molar-refractivity contribution in [2.75, 3.05) is 24.5 Å². The number of aryl methyl sites for hydroxylation is 2. The van der Waals surface area contributed by atoms with Crippen LogP contribution < -0.4 is 14.4 Å². The lowest BCUT2D eigenvalue weighted by atomic mass is 10.0. The monoisotopic (exact) mass is 627 g/mol. The van der Waals surface area contributed by atoms with Gasteiger partial charge in [-0.3, -0.25) is 13.9 Å². The third-order valence-electron chi connectivity index (χ3n) is 7.50. The smallest absolute Gasteiger partial charge is 0.264 e. The number of carbonyl (C=O) groups is 2. The Hall–Kier alpha value is -4.63. The largest absolute Gasteiger partial charge is 0.497 e. The molecule has 0 radical (unpaired) electrons. The molecule has 8 nitrogen and oxygen atoms in total. The molecular weight excluding hydrogens is 586 g/mol. The molecule has 0 saturated heterocycles. The van der Waals surface area contributed by atoms with Crippen LogP contribution in [0.3, 0.4) is 0 Å². The van der Waals surface area contributed by atoms with Crippen LogP contribution in [-0.4, -0.2) is 51.4 Å². The molecule has 45 heavy (non-hydrogen) atoms. The van der Waals surface area contributed by atoms with Gasteiger partial charge in [0.25, 0.3) is 10.0 Å². The standard InChI is InChI=1S/C36H41N3O5S/c1-5-22-37-36(41)34(24-29-11-7-6-8-12-29)38(25-30-13-9-10-28(3)23-30)35(40)26-39(31-16-18-32(44-4)19-17-31)45(42,43)33-20-14-27(2)15-21-33/h6-21,23,34H,5,22,24-26H2,1-4H3,(H,37,41)/t34-/m0/s1. The van der Waals surface area contributed by atoms with Gasteiger partial charge in [-0.15, -0.1) is 0 Å². The molecule has 0 unspecified atom stereocenters. The highest BCUT2D eigenvalue weighted by atomic mass is 32.2. The van der Waals surface area contributed by atoms with Gasteiger partial charge in [-0.1, -0.05) is 84.8 Å². The SMILES string of the molecule is CCCNC(=O)[C@H](Cc1ccccc1)N(Cc1cccc(C)c1)C(=O)CN(c1ccc(OC)cc1)S(=O)(=O)c1ccc(C)cc1. The summed E-state index contributed by atoms with van der Waals surface area (Å²) in [7, 11) is -2.65. The predicted octanol–water partition coefficient (Wildman–Crippen LogP) is 5.67. The summed E-state index contributed by atoms with van der Waals surface area (Å²) in [6.45, 7) is 5.87. The summed E-state index contributed by atoms with van der Waals surface area (Å²) in [5.41, 5.74) is 3.94. The topological polar surface area (TPSA) is 96.0 Å². The minimum Gasteiger partial charge on any atom is -0.497 e. The third kappa shape index (κ3) is 8.73. The number of amides is 2. The first-order chi connectivity index (χ1) is 21.6. The summed E-state index contributed by atoms with van der Waals surface area (Å²) in [4.78, 5) is 29.8. The van der Waals surface area contributed by atoms with E-state index in [9.17, 15) is 18.0 Å². The maximum absolute atomic E-state index is 14.5. The molecule has 0 bridgehead atoms. The second-order valence-electron chi connectivity index (χ2n) is 11.0. The summed E-state index contributed by atoms with van der Waals surface area (Å²) in [5.74, 6) is -0.246. The van der Waals surface area contributed by atoms with E-state index in [4.69, 9.17) is 4.74 Å².